The van der Waals surface area contributed by atoms with Gasteiger partial charge in [-0.2, -0.15) is 4.39 Å². The van der Waals surface area contributed by atoms with Crippen LogP contribution in [0.4, 0.5) is 10.3 Å². The van der Waals surface area contributed by atoms with Gasteiger partial charge in [0.25, 0.3) is 0 Å². The van der Waals surface area contributed by atoms with Crippen molar-refractivity contribution in [3.05, 3.63) is 36.5 Å². The lowest BCUT2D eigenvalue weighted by Gasteiger charge is -2.25. The number of phenolic OH excluding ortho intramolecular Hbond substituents is 1. The summed E-state index contributed by atoms with van der Waals surface area (Å²) in [7, 11) is 0. The zero-order valence-corrected chi connectivity index (χ0v) is 17.9. The molecular weight excluding hydrogens is 409 g/mol. The minimum atomic E-state index is -0.618. The molecule has 2 aromatic heterocycles. The Morgan fingerprint density at radius 3 is 2.63 bits per heavy atom. The smallest absolute Gasteiger partial charge is 0.245 e. The van der Waals surface area contributed by atoms with Gasteiger partial charge in [0.15, 0.2) is 0 Å². The quantitative estimate of drug-likeness (QED) is 0.580. The van der Waals surface area contributed by atoms with E-state index in [0.29, 0.717) is 34.4 Å². The van der Waals surface area contributed by atoms with E-state index in [9.17, 15) is 9.50 Å². The van der Waals surface area contributed by atoms with Crippen LogP contribution in [-0.2, 0) is 0 Å². The molecule has 1 saturated heterocycles. The molecule has 0 spiro atoms. The van der Waals surface area contributed by atoms with Crippen molar-refractivity contribution in [3.8, 4) is 28.1 Å². The maximum Gasteiger partial charge on any atom is 0.245 e. The van der Waals surface area contributed by atoms with Crippen molar-refractivity contribution >= 4 is 18.4 Å². The fourth-order valence-electron chi connectivity index (χ4n) is 3.60. The molecule has 8 nitrogen and oxygen atoms in total. The third-order valence-electron chi connectivity index (χ3n) is 4.84. The highest BCUT2D eigenvalue weighted by atomic mass is 35.5. The molecule has 4 rings (SSSR count). The number of hydrogen-bond acceptors (Lipinski definition) is 7. The lowest BCUT2D eigenvalue weighted by molar-refractivity contribution is 0.373. The highest BCUT2D eigenvalue weighted by Gasteiger charge is 2.27. The summed E-state index contributed by atoms with van der Waals surface area (Å²) in [5, 5.41) is 28.4. The fraction of sp³-hybridized carbons (Fsp3) is 0.400. The van der Waals surface area contributed by atoms with Crippen molar-refractivity contribution < 1.29 is 9.50 Å². The first-order valence-corrected chi connectivity index (χ1v) is 9.55. The van der Waals surface area contributed by atoms with E-state index in [1.54, 1.807) is 18.3 Å². The zero-order chi connectivity index (χ0) is 20.6. The van der Waals surface area contributed by atoms with E-state index in [1.165, 1.54) is 12.3 Å². The summed E-state index contributed by atoms with van der Waals surface area (Å²) in [5.74, 6) is -0.0704. The molecule has 1 unspecified atom stereocenters. The predicted octanol–water partition coefficient (Wildman–Crippen LogP) is 3.16. The van der Waals surface area contributed by atoms with Gasteiger partial charge in [-0.3, -0.25) is 5.10 Å². The Hall–Kier alpha value is -2.78. The van der Waals surface area contributed by atoms with Crippen molar-refractivity contribution in [2.45, 2.75) is 38.8 Å². The van der Waals surface area contributed by atoms with Gasteiger partial charge in [-0.05, 0) is 44.9 Å². The molecular formula is C20H25ClFN7O. The van der Waals surface area contributed by atoms with E-state index in [1.807, 2.05) is 0 Å². The van der Waals surface area contributed by atoms with Gasteiger partial charge in [0.05, 0.1) is 11.8 Å². The van der Waals surface area contributed by atoms with Crippen molar-refractivity contribution in [1.29, 1.82) is 0 Å². The number of nitrogens with one attached hydrogen (secondary N) is 2. The topological polar surface area (TPSA) is 103 Å². The van der Waals surface area contributed by atoms with E-state index in [-0.39, 0.29) is 23.7 Å². The number of nitrogens with zero attached hydrogens (tertiary/aromatic N) is 5. The summed E-state index contributed by atoms with van der Waals surface area (Å²) in [5.41, 5.74) is 1.81. The SMILES string of the molecule is CC(C)(C)NC1CCN(c2ncc(-c3ccc(-c4c[nH]nc4F)cc3O)nn2)C1.Cl. The Morgan fingerprint density at radius 1 is 1.23 bits per heavy atom. The number of anilines is 1. The number of rotatable bonds is 4. The number of H-pyrrole nitrogens is 1. The van der Waals surface area contributed by atoms with Crippen LogP contribution in [0.3, 0.4) is 0 Å². The van der Waals surface area contributed by atoms with Crippen LogP contribution in [0.15, 0.2) is 30.6 Å². The minimum absolute atomic E-state index is 0. The zero-order valence-electron chi connectivity index (χ0n) is 17.1. The summed E-state index contributed by atoms with van der Waals surface area (Å²) in [6, 6.07) is 5.23. The first-order chi connectivity index (χ1) is 13.8. The average Bonchev–Trinajstić information content (AvgIpc) is 3.29. The van der Waals surface area contributed by atoms with Crippen molar-refractivity contribution in [2.75, 3.05) is 18.0 Å². The molecule has 3 aromatic rings. The molecule has 10 heteroatoms. The molecule has 1 aliphatic rings. The van der Waals surface area contributed by atoms with Crippen LogP contribution in [0.5, 0.6) is 5.75 Å². The van der Waals surface area contributed by atoms with Crippen LogP contribution in [0.2, 0.25) is 0 Å². The van der Waals surface area contributed by atoms with E-state index in [2.05, 4.69) is 56.4 Å². The Balaban J connectivity index is 0.00000256. The van der Waals surface area contributed by atoms with Gasteiger partial charge in [-0.25, -0.2) is 4.98 Å². The van der Waals surface area contributed by atoms with Gasteiger partial charge in [-0.1, -0.05) is 6.07 Å². The molecule has 1 fully saturated rings. The molecule has 0 bridgehead atoms. The summed E-state index contributed by atoms with van der Waals surface area (Å²) in [6.45, 7) is 8.16. The second-order valence-corrected chi connectivity index (χ2v) is 8.29. The van der Waals surface area contributed by atoms with Crippen LogP contribution < -0.4 is 10.2 Å². The van der Waals surface area contributed by atoms with Gasteiger partial charge < -0.3 is 15.3 Å². The Morgan fingerprint density at radius 2 is 2.03 bits per heavy atom. The number of phenols is 1. The average molecular weight is 434 g/mol. The van der Waals surface area contributed by atoms with Crippen LogP contribution in [-0.4, -0.2) is 55.2 Å². The third kappa shape index (κ3) is 4.68. The molecule has 160 valence electrons. The maximum absolute atomic E-state index is 13.6. The molecule has 3 N–H and O–H groups in total. The minimum Gasteiger partial charge on any atom is -0.507 e. The Labute approximate surface area is 180 Å². The van der Waals surface area contributed by atoms with E-state index in [4.69, 9.17) is 0 Å². The van der Waals surface area contributed by atoms with Gasteiger partial charge in [0, 0.05) is 36.4 Å². The molecule has 1 aliphatic heterocycles. The summed E-state index contributed by atoms with van der Waals surface area (Å²) >= 11 is 0. The number of aromatic amines is 1. The van der Waals surface area contributed by atoms with Crippen molar-refractivity contribution in [1.82, 2.24) is 30.7 Å². The lowest BCUT2D eigenvalue weighted by Crippen LogP contribution is -2.45. The third-order valence-corrected chi connectivity index (χ3v) is 4.84. The highest BCUT2D eigenvalue weighted by molar-refractivity contribution is 5.85. The van der Waals surface area contributed by atoms with Gasteiger partial charge in [-0.15, -0.1) is 27.7 Å². The summed E-state index contributed by atoms with van der Waals surface area (Å²) in [6.07, 6.45) is 4.06. The van der Waals surface area contributed by atoms with Crippen LogP contribution in [0, 0.1) is 5.95 Å². The largest absolute Gasteiger partial charge is 0.507 e. The van der Waals surface area contributed by atoms with Crippen LogP contribution in [0.25, 0.3) is 22.4 Å². The van der Waals surface area contributed by atoms with Gasteiger partial charge in [0.1, 0.15) is 11.4 Å². The Bertz CT molecular complexity index is 1000. The number of benzene rings is 1. The fourth-order valence-corrected chi connectivity index (χ4v) is 3.60. The molecule has 1 aromatic carbocycles. The van der Waals surface area contributed by atoms with E-state index < -0.39 is 5.95 Å². The van der Waals surface area contributed by atoms with Gasteiger partial charge >= 0.3 is 0 Å². The first kappa shape index (κ1) is 21.9. The second kappa shape index (κ2) is 8.53. The summed E-state index contributed by atoms with van der Waals surface area (Å²) in [4.78, 5) is 6.54. The second-order valence-electron chi connectivity index (χ2n) is 8.29. The molecule has 0 saturated carbocycles. The standard InChI is InChI=1S/C20H24FN7O.ClH/c1-20(2,3)24-13-6-7-28(11-13)19-22-10-16(25-27-19)14-5-4-12(8-17(14)29)15-9-23-26-18(15)21;/h4-5,8-10,13,24,29H,6-7,11H2,1-3H3,(H,23,26);1H. The Kier molecular flexibility index (Phi) is 6.23. The van der Waals surface area contributed by atoms with E-state index >= 15 is 0 Å². The molecule has 30 heavy (non-hydrogen) atoms. The number of hydrogen-bond donors (Lipinski definition) is 3. The highest BCUT2D eigenvalue weighted by Crippen LogP contribution is 2.32. The number of aromatic hydroxyl groups is 1. The molecule has 0 aliphatic carbocycles. The molecule has 0 amide bonds. The maximum atomic E-state index is 13.6. The van der Waals surface area contributed by atoms with Gasteiger partial charge in [0.2, 0.25) is 11.9 Å². The number of aromatic nitrogens is 5. The monoisotopic (exact) mass is 433 g/mol. The van der Waals surface area contributed by atoms with Crippen LogP contribution >= 0.6 is 12.4 Å². The lowest BCUT2D eigenvalue weighted by atomic mass is 10.0. The molecule has 1 atom stereocenters. The molecule has 3 heterocycles. The van der Waals surface area contributed by atoms with Crippen molar-refractivity contribution in [3.63, 3.8) is 0 Å². The van der Waals surface area contributed by atoms with Crippen molar-refractivity contribution in [2.24, 2.45) is 0 Å². The van der Waals surface area contributed by atoms with E-state index in [0.717, 1.165) is 19.5 Å². The summed E-state index contributed by atoms with van der Waals surface area (Å²) < 4.78 is 13.6. The normalized spacial score (nSPS) is 16.5. The molecule has 0 radical (unpaired) electrons. The number of halogens is 2. The first-order valence-electron chi connectivity index (χ1n) is 9.55. The van der Waals surface area contributed by atoms with Crippen LogP contribution in [0.1, 0.15) is 27.2 Å². The predicted molar refractivity (Wildman–Crippen MR) is 115 cm³/mol.